The van der Waals surface area contributed by atoms with Crippen molar-refractivity contribution in [2.24, 2.45) is 0 Å². The second kappa shape index (κ2) is 7.32. The highest BCUT2D eigenvalue weighted by Gasteiger charge is 2.19. The number of aryl methyl sites for hydroxylation is 3. The molecular formula is C20H25NO2. The number of anilines is 1. The van der Waals surface area contributed by atoms with Crippen LogP contribution in [0.1, 0.15) is 35.6 Å². The molecule has 1 amide bonds. The maximum absolute atomic E-state index is 12.5. The predicted molar refractivity (Wildman–Crippen MR) is 95.2 cm³/mol. The number of hydrogen-bond donors (Lipinski definition) is 1. The van der Waals surface area contributed by atoms with Crippen molar-refractivity contribution in [2.75, 3.05) is 5.32 Å². The van der Waals surface area contributed by atoms with Gasteiger partial charge in [-0.2, -0.15) is 0 Å². The van der Waals surface area contributed by atoms with Crippen LogP contribution in [0.5, 0.6) is 5.75 Å². The predicted octanol–water partition coefficient (Wildman–Crippen LogP) is 4.72. The van der Waals surface area contributed by atoms with E-state index in [1.54, 1.807) is 0 Å². The van der Waals surface area contributed by atoms with Crippen molar-refractivity contribution in [3.63, 3.8) is 0 Å². The Kier molecular flexibility index (Phi) is 5.43. The van der Waals surface area contributed by atoms with Gasteiger partial charge in [0.15, 0.2) is 6.10 Å². The van der Waals surface area contributed by atoms with Crippen LogP contribution in [0.2, 0.25) is 0 Å². The van der Waals surface area contributed by atoms with Gasteiger partial charge in [-0.05, 0) is 74.6 Å². The maximum atomic E-state index is 12.5. The summed E-state index contributed by atoms with van der Waals surface area (Å²) in [7, 11) is 0. The minimum absolute atomic E-state index is 0.113. The van der Waals surface area contributed by atoms with Gasteiger partial charge in [0.25, 0.3) is 5.91 Å². The standard InChI is InChI=1S/C20H25NO2/c1-6-18(23-19-9-7-8-15(4)16(19)5)20(22)21-17-11-13(2)10-14(3)12-17/h7-12,18H,6H2,1-5H3,(H,21,22)/t18-/m1/s1. The van der Waals surface area contributed by atoms with E-state index >= 15 is 0 Å². The molecule has 0 saturated heterocycles. The summed E-state index contributed by atoms with van der Waals surface area (Å²) >= 11 is 0. The molecule has 23 heavy (non-hydrogen) atoms. The van der Waals surface area contributed by atoms with Crippen LogP contribution < -0.4 is 10.1 Å². The van der Waals surface area contributed by atoms with E-state index in [0.717, 1.165) is 33.7 Å². The average Bonchev–Trinajstić information content (AvgIpc) is 2.47. The molecule has 2 rings (SSSR count). The van der Waals surface area contributed by atoms with Crippen LogP contribution in [-0.2, 0) is 4.79 Å². The summed E-state index contributed by atoms with van der Waals surface area (Å²) in [6, 6.07) is 11.9. The monoisotopic (exact) mass is 311 g/mol. The molecule has 0 saturated carbocycles. The molecule has 0 fully saturated rings. The fourth-order valence-electron chi connectivity index (χ4n) is 2.60. The van der Waals surface area contributed by atoms with Gasteiger partial charge in [-0.1, -0.05) is 25.1 Å². The van der Waals surface area contributed by atoms with Crippen molar-refractivity contribution in [3.8, 4) is 5.75 Å². The molecule has 0 aliphatic carbocycles. The lowest BCUT2D eigenvalue weighted by Gasteiger charge is -2.19. The number of benzene rings is 2. The minimum atomic E-state index is -0.503. The number of carbonyl (C=O) groups excluding carboxylic acids is 1. The quantitative estimate of drug-likeness (QED) is 0.868. The van der Waals surface area contributed by atoms with Crippen LogP contribution in [0, 0.1) is 27.7 Å². The van der Waals surface area contributed by atoms with Crippen molar-refractivity contribution in [2.45, 2.75) is 47.1 Å². The van der Waals surface area contributed by atoms with E-state index in [0.29, 0.717) is 6.42 Å². The van der Waals surface area contributed by atoms with E-state index in [1.807, 2.05) is 65.0 Å². The lowest BCUT2D eigenvalue weighted by Crippen LogP contribution is -2.32. The second-order valence-electron chi connectivity index (χ2n) is 6.08. The molecule has 2 aromatic rings. The summed E-state index contributed by atoms with van der Waals surface area (Å²) in [6.07, 6.45) is 0.112. The Bertz CT molecular complexity index is 687. The normalized spacial score (nSPS) is 11.9. The smallest absolute Gasteiger partial charge is 0.265 e. The SMILES string of the molecule is CC[C@@H](Oc1cccc(C)c1C)C(=O)Nc1cc(C)cc(C)c1. The Labute approximate surface area is 138 Å². The zero-order chi connectivity index (χ0) is 17.0. The molecule has 0 aliphatic heterocycles. The van der Waals surface area contributed by atoms with Crippen molar-refractivity contribution in [1.29, 1.82) is 0 Å². The number of amides is 1. The Hall–Kier alpha value is -2.29. The molecule has 0 spiro atoms. The van der Waals surface area contributed by atoms with Gasteiger partial charge in [0.1, 0.15) is 5.75 Å². The topological polar surface area (TPSA) is 38.3 Å². The van der Waals surface area contributed by atoms with Crippen LogP contribution in [0.4, 0.5) is 5.69 Å². The van der Waals surface area contributed by atoms with Gasteiger partial charge < -0.3 is 10.1 Å². The van der Waals surface area contributed by atoms with Crippen LogP contribution in [0.25, 0.3) is 0 Å². The van der Waals surface area contributed by atoms with E-state index < -0.39 is 6.10 Å². The fraction of sp³-hybridized carbons (Fsp3) is 0.350. The van der Waals surface area contributed by atoms with Crippen molar-refractivity contribution >= 4 is 11.6 Å². The summed E-state index contributed by atoms with van der Waals surface area (Å²) in [5, 5.41) is 2.96. The largest absolute Gasteiger partial charge is 0.480 e. The van der Waals surface area contributed by atoms with E-state index in [-0.39, 0.29) is 5.91 Å². The van der Waals surface area contributed by atoms with Crippen LogP contribution in [0.3, 0.4) is 0 Å². The van der Waals surface area contributed by atoms with Gasteiger partial charge in [0.05, 0.1) is 0 Å². The van der Waals surface area contributed by atoms with E-state index in [4.69, 9.17) is 4.74 Å². The first-order valence-electron chi connectivity index (χ1n) is 8.02. The molecule has 3 nitrogen and oxygen atoms in total. The van der Waals surface area contributed by atoms with Crippen molar-refractivity contribution in [1.82, 2.24) is 0 Å². The van der Waals surface area contributed by atoms with E-state index in [1.165, 1.54) is 0 Å². The third-order valence-electron chi connectivity index (χ3n) is 3.98. The first-order valence-corrected chi connectivity index (χ1v) is 8.02. The number of rotatable bonds is 5. The molecule has 0 bridgehead atoms. The number of hydrogen-bond acceptors (Lipinski definition) is 2. The average molecular weight is 311 g/mol. The molecule has 0 aromatic heterocycles. The third kappa shape index (κ3) is 4.35. The van der Waals surface area contributed by atoms with Gasteiger partial charge in [0, 0.05) is 5.69 Å². The highest BCUT2D eigenvalue weighted by Crippen LogP contribution is 2.23. The molecule has 0 heterocycles. The van der Waals surface area contributed by atoms with Gasteiger partial charge in [-0.25, -0.2) is 0 Å². The molecule has 0 radical (unpaired) electrons. The minimum Gasteiger partial charge on any atom is -0.480 e. The lowest BCUT2D eigenvalue weighted by molar-refractivity contribution is -0.122. The Balaban J connectivity index is 2.13. The number of nitrogens with one attached hydrogen (secondary N) is 1. The molecule has 0 unspecified atom stereocenters. The first-order chi connectivity index (χ1) is 10.9. The Morgan fingerprint density at radius 2 is 1.74 bits per heavy atom. The fourth-order valence-corrected chi connectivity index (χ4v) is 2.60. The Morgan fingerprint density at radius 3 is 2.35 bits per heavy atom. The van der Waals surface area contributed by atoms with Crippen molar-refractivity contribution in [3.05, 3.63) is 58.7 Å². The zero-order valence-electron chi connectivity index (χ0n) is 14.6. The lowest BCUT2D eigenvalue weighted by atomic mass is 10.1. The first kappa shape index (κ1) is 17.1. The van der Waals surface area contributed by atoms with Crippen LogP contribution >= 0.6 is 0 Å². The molecule has 2 aromatic carbocycles. The van der Waals surface area contributed by atoms with E-state index in [9.17, 15) is 4.79 Å². The summed E-state index contributed by atoms with van der Waals surface area (Å²) < 4.78 is 5.96. The zero-order valence-corrected chi connectivity index (χ0v) is 14.6. The Morgan fingerprint density at radius 1 is 1.09 bits per heavy atom. The highest BCUT2D eigenvalue weighted by atomic mass is 16.5. The highest BCUT2D eigenvalue weighted by molar-refractivity contribution is 5.94. The van der Waals surface area contributed by atoms with E-state index in [2.05, 4.69) is 11.4 Å². The number of carbonyl (C=O) groups is 1. The summed E-state index contributed by atoms with van der Waals surface area (Å²) in [5.74, 6) is 0.658. The summed E-state index contributed by atoms with van der Waals surface area (Å²) in [4.78, 5) is 12.5. The molecule has 0 aliphatic rings. The van der Waals surface area contributed by atoms with Gasteiger partial charge in [0.2, 0.25) is 0 Å². The van der Waals surface area contributed by atoms with Crippen LogP contribution in [-0.4, -0.2) is 12.0 Å². The molecular weight excluding hydrogens is 286 g/mol. The third-order valence-corrected chi connectivity index (χ3v) is 3.98. The summed E-state index contributed by atoms with van der Waals surface area (Å²) in [6.45, 7) is 10.0. The van der Waals surface area contributed by atoms with Crippen LogP contribution in [0.15, 0.2) is 36.4 Å². The van der Waals surface area contributed by atoms with Crippen molar-refractivity contribution < 1.29 is 9.53 Å². The molecule has 1 N–H and O–H groups in total. The van der Waals surface area contributed by atoms with Gasteiger partial charge in [-0.3, -0.25) is 4.79 Å². The molecule has 122 valence electrons. The maximum Gasteiger partial charge on any atom is 0.265 e. The molecule has 3 heteroatoms. The van der Waals surface area contributed by atoms with Gasteiger partial charge in [-0.15, -0.1) is 0 Å². The number of ether oxygens (including phenoxy) is 1. The molecule has 1 atom stereocenters. The second-order valence-corrected chi connectivity index (χ2v) is 6.08. The summed E-state index contributed by atoms with van der Waals surface area (Å²) in [5.41, 5.74) is 5.31. The van der Waals surface area contributed by atoms with Gasteiger partial charge >= 0.3 is 0 Å².